The summed E-state index contributed by atoms with van der Waals surface area (Å²) < 4.78 is 27.6. The minimum Gasteiger partial charge on any atom is -0.362 e. The van der Waals surface area contributed by atoms with E-state index in [1.54, 1.807) is 26.5 Å². The first-order valence-electron chi connectivity index (χ1n) is 7.96. The molecule has 0 saturated heterocycles. The molecule has 0 fully saturated rings. The molecular formula is C16H22N6O2S. The number of hydrogen-bond donors (Lipinski definition) is 0. The van der Waals surface area contributed by atoms with Crippen LogP contribution >= 0.6 is 0 Å². The van der Waals surface area contributed by atoms with E-state index in [9.17, 15) is 8.42 Å². The lowest BCUT2D eigenvalue weighted by molar-refractivity contribution is 0.354. The Labute approximate surface area is 148 Å². The molecule has 0 unspecified atom stereocenters. The molecule has 9 heteroatoms. The summed E-state index contributed by atoms with van der Waals surface area (Å²) in [6, 6.07) is 3.69. The second-order valence-electron chi connectivity index (χ2n) is 6.30. The molecule has 8 nitrogen and oxygen atoms in total. The molecule has 0 radical (unpaired) electrons. The van der Waals surface area contributed by atoms with Gasteiger partial charge in [-0.25, -0.2) is 9.97 Å². The fourth-order valence-electron chi connectivity index (χ4n) is 2.81. The molecule has 0 amide bonds. The summed E-state index contributed by atoms with van der Waals surface area (Å²) in [7, 11) is 3.47. The maximum absolute atomic E-state index is 12.5. The molecule has 134 valence electrons. The van der Waals surface area contributed by atoms with Crippen LogP contribution in [0.4, 0.5) is 5.82 Å². The highest BCUT2D eigenvalue weighted by Crippen LogP contribution is 2.29. The van der Waals surface area contributed by atoms with Crippen molar-refractivity contribution in [3.63, 3.8) is 0 Å². The Bertz CT molecular complexity index is 868. The second-order valence-corrected chi connectivity index (χ2v) is 8.44. The van der Waals surface area contributed by atoms with Gasteiger partial charge in [-0.05, 0) is 18.6 Å². The fourth-order valence-corrected chi connectivity index (χ4v) is 3.88. The van der Waals surface area contributed by atoms with Crippen LogP contribution in [-0.4, -0.2) is 66.7 Å². The molecule has 0 atom stereocenters. The van der Waals surface area contributed by atoms with Crippen LogP contribution in [0.2, 0.25) is 0 Å². The largest absolute Gasteiger partial charge is 0.362 e. The Kier molecular flexibility index (Phi) is 4.72. The Hall–Kier alpha value is -2.10. The Balaban J connectivity index is 2.08. The van der Waals surface area contributed by atoms with E-state index in [2.05, 4.69) is 15.0 Å². The molecule has 3 rings (SSSR count). The predicted molar refractivity (Wildman–Crippen MR) is 96.3 cm³/mol. The van der Waals surface area contributed by atoms with Crippen LogP contribution < -0.4 is 4.90 Å². The Morgan fingerprint density at radius 1 is 1.08 bits per heavy atom. The first-order chi connectivity index (χ1) is 11.8. The van der Waals surface area contributed by atoms with Gasteiger partial charge in [0.05, 0.1) is 12.2 Å². The summed E-state index contributed by atoms with van der Waals surface area (Å²) in [5.74, 6) is 1.41. The lowest BCUT2D eigenvalue weighted by atomic mass is 10.1. The van der Waals surface area contributed by atoms with E-state index in [1.165, 1.54) is 8.61 Å². The van der Waals surface area contributed by atoms with Crippen LogP contribution in [0.15, 0.2) is 24.5 Å². The minimum absolute atomic E-state index is 0.247. The van der Waals surface area contributed by atoms with Crippen LogP contribution in [0.1, 0.15) is 11.3 Å². The van der Waals surface area contributed by atoms with Crippen LogP contribution in [-0.2, 0) is 23.2 Å². The lowest BCUT2D eigenvalue weighted by Crippen LogP contribution is -2.43. The quantitative estimate of drug-likeness (QED) is 0.799. The van der Waals surface area contributed by atoms with E-state index in [4.69, 9.17) is 0 Å². The van der Waals surface area contributed by atoms with Crippen LogP contribution in [0.5, 0.6) is 0 Å². The highest BCUT2D eigenvalue weighted by Gasteiger charge is 2.31. The van der Waals surface area contributed by atoms with E-state index >= 15 is 0 Å². The molecular weight excluding hydrogens is 340 g/mol. The standard InChI is InChI=1S/C16H22N6O2S/c1-20(2)16-13-7-10-22(25(23,24)21(3)4)11-14(13)18-15(19-16)12-5-8-17-9-6-12/h5-6,8-9H,7,10-11H2,1-4H3. The Morgan fingerprint density at radius 2 is 1.76 bits per heavy atom. The van der Waals surface area contributed by atoms with E-state index < -0.39 is 10.2 Å². The summed E-state index contributed by atoms with van der Waals surface area (Å²) in [4.78, 5) is 15.3. The first kappa shape index (κ1) is 17.7. The minimum atomic E-state index is -3.47. The molecule has 0 aromatic carbocycles. The number of aromatic nitrogens is 3. The number of anilines is 1. The molecule has 0 bridgehead atoms. The van der Waals surface area contributed by atoms with Gasteiger partial charge in [0.15, 0.2) is 5.82 Å². The van der Waals surface area contributed by atoms with Gasteiger partial charge in [-0.1, -0.05) is 0 Å². The average Bonchev–Trinajstić information content (AvgIpc) is 2.60. The van der Waals surface area contributed by atoms with Gasteiger partial charge in [-0.3, -0.25) is 4.98 Å². The predicted octanol–water partition coefficient (Wildman–Crippen LogP) is 0.769. The van der Waals surface area contributed by atoms with Crippen molar-refractivity contribution < 1.29 is 8.42 Å². The van der Waals surface area contributed by atoms with Crippen LogP contribution in [0.25, 0.3) is 11.4 Å². The van der Waals surface area contributed by atoms with Gasteiger partial charge >= 0.3 is 0 Å². The van der Waals surface area contributed by atoms with Gasteiger partial charge in [0.1, 0.15) is 5.82 Å². The summed E-state index contributed by atoms with van der Waals surface area (Å²) in [6.07, 6.45) is 3.97. The highest BCUT2D eigenvalue weighted by atomic mass is 32.2. The van der Waals surface area contributed by atoms with Gasteiger partial charge in [0.2, 0.25) is 0 Å². The van der Waals surface area contributed by atoms with Crippen molar-refractivity contribution in [3.05, 3.63) is 35.8 Å². The molecule has 3 heterocycles. The van der Waals surface area contributed by atoms with E-state index in [0.717, 1.165) is 22.6 Å². The van der Waals surface area contributed by atoms with Crippen molar-refractivity contribution in [2.24, 2.45) is 0 Å². The third kappa shape index (κ3) is 3.35. The van der Waals surface area contributed by atoms with Crippen molar-refractivity contribution in [3.8, 4) is 11.4 Å². The summed E-state index contributed by atoms with van der Waals surface area (Å²) >= 11 is 0. The van der Waals surface area contributed by atoms with Crippen molar-refractivity contribution in [2.45, 2.75) is 13.0 Å². The number of fused-ring (bicyclic) bond motifs is 1. The molecule has 0 saturated carbocycles. The maximum Gasteiger partial charge on any atom is 0.281 e. The average molecular weight is 362 g/mol. The molecule has 0 N–H and O–H groups in total. The highest BCUT2D eigenvalue weighted by molar-refractivity contribution is 7.86. The van der Waals surface area contributed by atoms with Gasteiger partial charge in [-0.2, -0.15) is 17.0 Å². The summed E-state index contributed by atoms with van der Waals surface area (Å²) in [6.45, 7) is 0.670. The van der Waals surface area contributed by atoms with Gasteiger partial charge in [0, 0.05) is 58.3 Å². The van der Waals surface area contributed by atoms with Crippen molar-refractivity contribution in [1.29, 1.82) is 0 Å². The number of pyridine rings is 1. The molecule has 25 heavy (non-hydrogen) atoms. The zero-order valence-corrected chi connectivity index (χ0v) is 15.7. The Morgan fingerprint density at radius 3 is 2.36 bits per heavy atom. The molecule has 0 spiro atoms. The van der Waals surface area contributed by atoms with Crippen molar-refractivity contribution in [1.82, 2.24) is 23.6 Å². The van der Waals surface area contributed by atoms with Crippen molar-refractivity contribution >= 4 is 16.0 Å². The smallest absolute Gasteiger partial charge is 0.281 e. The molecule has 2 aromatic heterocycles. The van der Waals surface area contributed by atoms with Crippen molar-refractivity contribution in [2.75, 3.05) is 39.6 Å². The normalized spacial score (nSPS) is 15.2. The van der Waals surface area contributed by atoms with E-state index in [-0.39, 0.29) is 6.54 Å². The van der Waals surface area contributed by atoms with E-state index in [1.807, 2.05) is 31.1 Å². The number of hydrogen-bond acceptors (Lipinski definition) is 6. The van der Waals surface area contributed by atoms with E-state index in [0.29, 0.717) is 18.8 Å². The van der Waals surface area contributed by atoms with Gasteiger partial charge in [0.25, 0.3) is 10.2 Å². The fraction of sp³-hybridized carbons (Fsp3) is 0.438. The zero-order chi connectivity index (χ0) is 18.2. The SMILES string of the molecule is CN(C)c1nc(-c2ccncc2)nc2c1CCN(S(=O)(=O)N(C)C)C2. The number of rotatable bonds is 4. The third-order valence-electron chi connectivity index (χ3n) is 4.16. The third-order valence-corrected chi connectivity index (χ3v) is 6.05. The van der Waals surface area contributed by atoms with Gasteiger partial charge < -0.3 is 4.90 Å². The monoisotopic (exact) mass is 362 g/mol. The zero-order valence-electron chi connectivity index (χ0n) is 14.8. The summed E-state index contributed by atoms with van der Waals surface area (Å²) in [5.41, 5.74) is 2.61. The lowest BCUT2D eigenvalue weighted by Gasteiger charge is -2.31. The first-order valence-corrected chi connectivity index (χ1v) is 9.35. The molecule has 0 aliphatic carbocycles. The molecule has 1 aliphatic heterocycles. The van der Waals surface area contributed by atoms with Gasteiger partial charge in [-0.15, -0.1) is 0 Å². The molecule has 1 aliphatic rings. The molecule has 2 aromatic rings. The number of nitrogens with zero attached hydrogens (tertiary/aromatic N) is 6. The topological polar surface area (TPSA) is 82.5 Å². The second kappa shape index (κ2) is 6.66. The summed E-state index contributed by atoms with van der Waals surface area (Å²) in [5, 5.41) is 0. The van der Waals surface area contributed by atoms with Crippen LogP contribution in [0, 0.1) is 0 Å². The maximum atomic E-state index is 12.5. The van der Waals surface area contributed by atoms with Crippen LogP contribution in [0.3, 0.4) is 0 Å².